The summed E-state index contributed by atoms with van der Waals surface area (Å²) < 4.78 is 3.86. The van der Waals surface area contributed by atoms with Gasteiger partial charge in [-0.3, -0.25) is 4.79 Å². The maximum absolute atomic E-state index is 10.3. The fourth-order valence-corrected chi connectivity index (χ4v) is 2.30. The van der Waals surface area contributed by atoms with E-state index in [4.69, 9.17) is 5.11 Å². The number of allylic oxidation sites excluding steroid dienone is 3. The normalized spacial score (nSPS) is 15.8. The van der Waals surface area contributed by atoms with Gasteiger partial charge in [0, 0.05) is 6.20 Å². The lowest BCUT2D eigenvalue weighted by atomic mass is 10.5. The minimum atomic E-state index is -0.773. The molecule has 0 aromatic heterocycles. The SMILES string of the molecule is O=C(O)CN1C=CC=CC=I1. The predicted octanol–water partition coefficient (Wildman–Crippen LogP) is 1.14. The van der Waals surface area contributed by atoms with E-state index in [1.165, 1.54) is 0 Å². The Morgan fingerprint density at radius 3 is 3.00 bits per heavy atom. The number of hydrogen-bond donors (Lipinski definition) is 1. The van der Waals surface area contributed by atoms with Gasteiger partial charge < -0.3 is 8.22 Å². The van der Waals surface area contributed by atoms with Crippen molar-refractivity contribution in [3.8, 4) is 0 Å². The van der Waals surface area contributed by atoms with Crippen LogP contribution in [0.5, 0.6) is 0 Å². The van der Waals surface area contributed by atoms with E-state index >= 15 is 0 Å². The van der Waals surface area contributed by atoms with Crippen LogP contribution in [0.1, 0.15) is 0 Å². The molecule has 1 heterocycles. The fourth-order valence-electron chi connectivity index (χ4n) is 0.603. The van der Waals surface area contributed by atoms with Crippen LogP contribution in [-0.4, -0.2) is 24.7 Å². The molecule has 0 bridgehead atoms. The first-order chi connectivity index (χ1) is 5.29. The van der Waals surface area contributed by atoms with Gasteiger partial charge in [0.2, 0.25) is 0 Å². The average molecular weight is 265 g/mol. The predicted molar refractivity (Wildman–Crippen MR) is 52.7 cm³/mol. The van der Waals surface area contributed by atoms with E-state index in [1.807, 2.05) is 31.6 Å². The van der Waals surface area contributed by atoms with Crippen molar-refractivity contribution >= 4 is 31.0 Å². The van der Waals surface area contributed by atoms with Crippen LogP contribution in [0.3, 0.4) is 0 Å². The summed E-state index contributed by atoms with van der Waals surface area (Å²) in [5.41, 5.74) is 0. The van der Waals surface area contributed by atoms with Crippen LogP contribution >= 0.6 is 21.0 Å². The number of carboxylic acids is 1. The lowest BCUT2D eigenvalue weighted by molar-refractivity contribution is -0.136. The van der Waals surface area contributed by atoms with E-state index in [2.05, 4.69) is 0 Å². The van der Waals surface area contributed by atoms with Crippen molar-refractivity contribution in [2.75, 3.05) is 6.54 Å². The Bertz CT molecular complexity index is 217. The zero-order valence-corrected chi connectivity index (χ0v) is 7.93. The van der Waals surface area contributed by atoms with Crippen LogP contribution in [0.4, 0.5) is 0 Å². The van der Waals surface area contributed by atoms with E-state index in [0.717, 1.165) is 0 Å². The second kappa shape index (κ2) is 4.27. The quantitative estimate of drug-likeness (QED) is 0.601. The number of aliphatic carboxylic acids is 1. The summed E-state index contributed by atoms with van der Waals surface area (Å²) in [7, 11) is 0. The van der Waals surface area contributed by atoms with Crippen LogP contribution in [0.15, 0.2) is 24.4 Å². The Kier molecular flexibility index (Phi) is 3.28. The third-order valence-electron chi connectivity index (χ3n) is 1.01. The second-order valence-electron chi connectivity index (χ2n) is 1.90. The molecule has 0 aromatic rings. The highest BCUT2D eigenvalue weighted by atomic mass is 127. The Morgan fingerprint density at radius 2 is 2.27 bits per heavy atom. The summed E-state index contributed by atoms with van der Waals surface area (Å²) in [4.78, 5) is 10.3. The molecule has 1 aliphatic heterocycles. The van der Waals surface area contributed by atoms with E-state index in [0.29, 0.717) is 0 Å². The lowest BCUT2D eigenvalue weighted by Gasteiger charge is -2.08. The molecule has 0 saturated carbocycles. The summed E-state index contributed by atoms with van der Waals surface area (Å²) in [6.07, 6.45) is 7.53. The van der Waals surface area contributed by atoms with Crippen molar-refractivity contribution in [3.05, 3.63) is 24.4 Å². The van der Waals surface area contributed by atoms with Gasteiger partial charge in [0.05, 0.1) is 0 Å². The summed E-state index contributed by atoms with van der Waals surface area (Å²) in [6.45, 7) is 0.113. The highest BCUT2D eigenvalue weighted by Crippen LogP contribution is 2.09. The number of rotatable bonds is 2. The molecule has 3 nitrogen and oxygen atoms in total. The molecule has 11 heavy (non-hydrogen) atoms. The van der Waals surface area contributed by atoms with Crippen LogP contribution < -0.4 is 0 Å². The largest absolute Gasteiger partial charge is 0.480 e. The Balaban J connectivity index is 2.53. The smallest absolute Gasteiger partial charge is 0.323 e. The Morgan fingerprint density at radius 1 is 1.45 bits per heavy atom. The molecule has 0 amide bonds. The zero-order valence-electron chi connectivity index (χ0n) is 5.77. The molecule has 60 valence electrons. The molecular weight excluding hydrogens is 257 g/mol. The zero-order chi connectivity index (χ0) is 8.10. The van der Waals surface area contributed by atoms with Gasteiger partial charge in [-0.05, 0) is 31.1 Å². The van der Waals surface area contributed by atoms with Crippen molar-refractivity contribution < 1.29 is 9.90 Å². The summed E-state index contributed by atoms with van der Waals surface area (Å²) in [5.74, 6) is -0.773. The first-order valence-corrected chi connectivity index (χ1v) is 5.29. The molecule has 0 atom stereocenters. The first-order valence-electron chi connectivity index (χ1n) is 3.08. The van der Waals surface area contributed by atoms with Gasteiger partial charge in [-0.15, -0.1) is 0 Å². The summed E-state index contributed by atoms with van der Waals surface area (Å²) in [6, 6.07) is 0. The molecule has 1 aliphatic rings. The minimum absolute atomic E-state index is 0.113. The molecule has 0 aliphatic carbocycles. The van der Waals surface area contributed by atoms with Crippen molar-refractivity contribution in [1.82, 2.24) is 3.11 Å². The Hall–Kier alpha value is -0.650. The van der Waals surface area contributed by atoms with Crippen LogP contribution in [0, 0.1) is 0 Å². The summed E-state index contributed by atoms with van der Waals surface area (Å²) >= 11 is -0.258. The lowest BCUT2D eigenvalue weighted by Crippen LogP contribution is -2.15. The molecule has 4 heteroatoms. The van der Waals surface area contributed by atoms with E-state index < -0.39 is 5.97 Å². The molecule has 0 saturated heterocycles. The molecule has 0 unspecified atom stereocenters. The molecule has 0 aromatic carbocycles. The Labute approximate surface area is 75.1 Å². The van der Waals surface area contributed by atoms with Crippen LogP contribution in [0.2, 0.25) is 0 Å². The van der Waals surface area contributed by atoms with Gasteiger partial charge in [-0.2, -0.15) is 0 Å². The molecule has 1 N–H and O–H groups in total. The van der Waals surface area contributed by atoms with Crippen molar-refractivity contribution in [2.24, 2.45) is 0 Å². The molecule has 0 fully saturated rings. The van der Waals surface area contributed by atoms with Crippen molar-refractivity contribution in [2.45, 2.75) is 0 Å². The number of halogens is 1. The van der Waals surface area contributed by atoms with Gasteiger partial charge in [0.15, 0.2) is 0 Å². The highest BCUT2D eigenvalue weighted by Gasteiger charge is 2.01. The van der Waals surface area contributed by atoms with Crippen molar-refractivity contribution in [3.63, 3.8) is 0 Å². The highest BCUT2D eigenvalue weighted by molar-refractivity contribution is 14.2. The van der Waals surface area contributed by atoms with Gasteiger partial charge in [-0.1, -0.05) is 12.2 Å². The van der Waals surface area contributed by atoms with Crippen molar-refractivity contribution in [1.29, 1.82) is 0 Å². The van der Waals surface area contributed by atoms with E-state index in [1.54, 1.807) is 0 Å². The number of hydrogen-bond acceptors (Lipinski definition) is 2. The number of carboxylic acid groups (broad SMARTS) is 1. The van der Waals surface area contributed by atoms with Gasteiger partial charge >= 0.3 is 5.97 Å². The fraction of sp³-hybridized carbons (Fsp3) is 0.143. The number of carbonyl (C=O) groups is 1. The monoisotopic (exact) mass is 265 g/mol. The molecule has 0 radical (unpaired) electrons. The standard InChI is InChI=1S/C7H8INO2/c10-7(11)6-9-5-3-1-2-4-8-9/h1-5H,6H2,(H,10,11). The van der Waals surface area contributed by atoms with Crippen LogP contribution in [-0.2, 0) is 4.79 Å². The third kappa shape index (κ3) is 3.31. The van der Waals surface area contributed by atoms with E-state index in [-0.39, 0.29) is 27.5 Å². The molecular formula is C7H8INO2. The van der Waals surface area contributed by atoms with Gasteiger partial charge in [0.1, 0.15) is 6.54 Å². The maximum atomic E-state index is 10.3. The van der Waals surface area contributed by atoms with E-state index in [9.17, 15) is 4.79 Å². The minimum Gasteiger partial charge on any atom is -0.480 e. The topological polar surface area (TPSA) is 40.5 Å². The maximum Gasteiger partial charge on any atom is 0.323 e. The second-order valence-corrected chi connectivity index (χ2v) is 4.42. The third-order valence-corrected chi connectivity index (χ3v) is 3.13. The molecule has 0 spiro atoms. The van der Waals surface area contributed by atoms with Gasteiger partial charge in [-0.25, -0.2) is 0 Å². The summed E-state index contributed by atoms with van der Waals surface area (Å²) in [5, 5.41) is 8.47. The average Bonchev–Trinajstić information content (AvgIpc) is 2.14. The molecule has 1 rings (SSSR count). The number of nitrogens with zero attached hydrogens (tertiary/aromatic N) is 1. The van der Waals surface area contributed by atoms with Crippen LogP contribution in [0.25, 0.3) is 0 Å². The van der Waals surface area contributed by atoms with Gasteiger partial charge in [0.25, 0.3) is 0 Å². The first kappa shape index (κ1) is 8.45.